The predicted octanol–water partition coefficient (Wildman–Crippen LogP) is 1.40. The Morgan fingerprint density at radius 1 is 1.25 bits per heavy atom. The largest absolute Gasteiger partial charge is 0.481 e. The molecule has 7 nitrogen and oxygen atoms in total. The van der Waals surface area contributed by atoms with Gasteiger partial charge in [0.05, 0.1) is 0 Å². The highest BCUT2D eigenvalue weighted by atomic mass is 16.4. The molecule has 0 spiro atoms. The minimum atomic E-state index is -0.892. The fraction of sp³-hybridized carbons (Fsp3) is 0.385. The number of carbonyl (C=O) groups excluding carboxylic acids is 2. The van der Waals surface area contributed by atoms with Crippen molar-refractivity contribution < 1.29 is 19.5 Å². The number of unbranched alkanes of at least 4 members (excludes halogenated alkanes) is 1. The fourth-order valence-corrected chi connectivity index (χ4v) is 1.48. The Hall–Kier alpha value is -2.44. The Kier molecular flexibility index (Phi) is 6.15. The van der Waals surface area contributed by atoms with Crippen LogP contribution >= 0.6 is 0 Å². The van der Waals surface area contributed by atoms with Crippen molar-refractivity contribution in [2.75, 3.05) is 11.9 Å². The third-order valence-electron chi connectivity index (χ3n) is 2.59. The van der Waals surface area contributed by atoms with Crippen LogP contribution in [0.15, 0.2) is 24.4 Å². The van der Waals surface area contributed by atoms with Gasteiger partial charge in [-0.15, -0.1) is 0 Å². The molecule has 108 valence electrons. The fourth-order valence-electron chi connectivity index (χ4n) is 1.48. The predicted molar refractivity (Wildman–Crippen MR) is 72.3 cm³/mol. The summed E-state index contributed by atoms with van der Waals surface area (Å²) in [6, 6.07) is 4.55. The monoisotopic (exact) mass is 279 g/mol. The van der Waals surface area contributed by atoms with Crippen molar-refractivity contribution in [2.24, 2.45) is 0 Å². The van der Waals surface area contributed by atoms with Gasteiger partial charge in [-0.1, -0.05) is 6.07 Å². The SMILES string of the molecule is CN(C(=O)NC(=O)CCCCC(=O)O)c1ccccn1. The standard InChI is InChI=1S/C13H17N3O4/c1-16(10-6-4-5-9-14-10)13(20)15-11(17)7-2-3-8-12(18)19/h4-6,9H,2-3,7-8H2,1H3,(H,18,19)(H,15,17,20). The minimum Gasteiger partial charge on any atom is -0.481 e. The van der Waals surface area contributed by atoms with Crippen molar-refractivity contribution in [3.8, 4) is 0 Å². The van der Waals surface area contributed by atoms with Gasteiger partial charge in [0.15, 0.2) is 0 Å². The third-order valence-corrected chi connectivity index (χ3v) is 2.59. The zero-order chi connectivity index (χ0) is 15.0. The molecular weight excluding hydrogens is 262 g/mol. The number of amides is 3. The Morgan fingerprint density at radius 3 is 2.55 bits per heavy atom. The molecule has 3 amide bonds. The summed E-state index contributed by atoms with van der Waals surface area (Å²) in [5, 5.41) is 10.7. The normalized spacial score (nSPS) is 9.85. The molecule has 1 rings (SSSR count). The Balaban J connectivity index is 2.34. The van der Waals surface area contributed by atoms with Crippen LogP contribution in [0.25, 0.3) is 0 Å². The highest BCUT2D eigenvalue weighted by Crippen LogP contribution is 2.06. The molecule has 0 saturated heterocycles. The van der Waals surface area contributed by atoms with Crippen molar-refractivity contribution in [3.05, 3.63) is 24.4 Å². The molecule has 0 bridgehead atoms. The maximum atomic E-state index is 11.8. The molecule has 20 heavy (non-hydrogen) atoms. The van der Waals surface area contributed by atoms with Gasteiger partial charge in [0.1, 0.15) is 5.82 Å². The van der Waals surface area contributed by atoms with E-state index in [0.717, 1.165) is 0 Å². The van der Waals surface area contributed by atoms with E-state index in [1.165, 1.54) is 11.9 Å². The second-order valence-corrected chi connectivity index (χ2v) is 4.20. The number of carboxylic acids is 1. The quantitative estimate of drug-likeness (QED) is 0.767. The average Bonchev–Trinajstić information content (AvgIpc) is 2.43. The summed E-state index contributed by atoms with van der Waals surface area (Å²) in [5.41, 5.74) is 0. The summed E-state index contributed by atoms with van der Waals surface area (Å²) in [6.45, 7) is 0. The van der Waals surface area contributed by atoms with Crippen molar-refractivity contribution in [1.29, 1.82) is 0 Å². The van der Waals surface area contributed by atoms with Crippen LogP contribution in [-0.4, -0.2) is 35.0 Å². The molecule has 0 fully saturated rings. The van der Waals surface area contributed by atoms with Crippen LogP contribution in [0.1, 0.15) is 25.7 Å². The van der Waals surface area contributed by atoms with Crippen LogP contribution in [0, 0.1) is 0 Å². The van der Waals surface area contributed by atoms with Gasteiger partial charge < -0.3 is 5.11 Å². The van der Waals surface area contributed by atoms with Crippen molar-refractivity contribution in [3.63, 3.8) is 0 Å². The highest BCUT2D eigenvalue weighted by molar-refractivity contribution is 6.01. The first-order valence-corrected chi connectivity index (χ1v) is 6.21. The van der Waals surface area contributed by atoms with Gasteiger partial charge in [-0.2, -0.15) is 0 Å². The van der Waals surface area contributed by atoms with Crippen LogP contribution in [-0.2, 0) is 9.59 Å². The van der Waals surface area contributed by atoms with Crippen molar-refractivity contribution in [1.82, 2.24) is 10.3 Å². The van der Waals surface area contributed by atoms with Crippen LogP contribution in [0.2, 0.25) is 0 Å². The molecule has 0 atom stereocenters. The Labute approximate surface area is 116 Å². The van der Waals surface area contributed by atoms with Gasteiger partial charge in [0.2, 0.25) is 5.91 Å². The van der Waals surface area contributed by atoms with E-state index in [0.29, 0.717) is 18.7 Å². The summed E-state index contributed by atoms with van der Waals surface area (Å²) >= 11 is 0. The summed E-state index contributed by atoms with van der Waals surface area (Å²) in [7, 11) is 1.51. The van der Waals surface area contributed by atoms with E-state index in [9.17, 15) is 14.4 Å². The number of carbonyl (C=O) groups is 3. The molecule has 1 aromatic rings. The molecule has 1 heterocycles. The first kappa shape index (κ1) is 15.6. The van der Waals surface area contributed by atoms with Crippen molar-refractivity contribution >= 4 is 23.7 Å². The van der Waals surface area contributed by atoms with E-state index < -0.39 is 17.9 Å². The maximum absolute atomic E-state index is 11.8. The second-order valence-electron chi connectivity index (χ2n) is 4.20. The van der Waals surface area contributed by atoms with E-state index in [-0.39, 0.29) is 12.8 Å². The number of imide groups is 1. The topological polar surface area (TPSA) is 99.6 Å². The van der Waals surface area contributed by atoms with Gasteiger partial charge in [0, 0.05) is 26.1 Å². The lowest BCUT2D eigenvalue weighted by Gasteiger charge is -2.15. The molecule has 0 aliphatic heterocycles. The molecule has 0 aliphatic carbocycles. The molecule has 2 N–H and O–H groups in total. The second kappa shape index (κ2) is 7.88. The highest BCUT2D eigenvalue weighted by Gasteiger charge is 2.14. The summed E-state index contributed by atoms with van der Waals surface area (Å²) in [4.78, 5) is 38.8. The molecule has 1 aromatic heterocycles. The average molecular weight is 279 g/mol. The van der Waals surface area contributed by atoms with Gasteiger partial charge in [0.25, 0.3) is 0 Å². The summed E-state index contributed by atoms with van der Waals surface area (Å²) in [6.07, 6.45) is 2.53. The molecule has 0 aliphatic rings. The van der Waals surface area contributed by atoms with E-state index in [2.05, 4.69) is 10.3 Å². The number of aromatic nitrogens is 1. The number of urea groups is 1. The number of aliphatic carboxylic acids is 1. The van der Waals surface area contributed by atoms with E-state index >= 15 is 0 Å². The van der Waals surface area contributed by atoms with Crippen LogP contribution in [0.4, 0.5) is 10.6 Å². The van der Waals surface area contributed by atoms with Gasteiger partial charge >= 0.3 is 12.0 Å². The number of nitrogens with zero attached hydrogens (tertiary/aromatic N) is 2. The van der Waals surface area contributed by atoms with Crippen LogP contribution < -0.4 is 10.2 Å². The molecular formula is C13H17N3O4. The number of carboxylic acid groups (broad SMARTS) is 1. The number of hydrogen-bond acceptors (Lipinski definition) is 4. The van der Waals surface area contributed by atoms with Crippen LogP contribution in [0.3, 0.4) is 0 Å². The van der Waals surface area contributed by atoms with Crippen molar-refractivity contribution in [2.45, 2.75) is 25.7 Å². The number of pyridine rings is 1. The molecule has 0 saturated carbocycles. The Bertz CT molecular complexity index is 476. The third kappa shape index (κ3) is 5.47. The summed E-state index contributed by atoms with van der Waals surface area (Å²) < 4.78 is 0. The zero-order valence-corrected chi connectivity index (χ0v) is 11.2. The number of nitrogens with one attached hydrogen (secondary N) is 1. The minimum absolute atomic E-state index is 0.0229. The van der Waals surface area contributed by atoms with Gasteiger partial charge in [-0.25, -0.2) is 9.78 Å². The van der Waals surface area contributed by atoms with Gasteiger partial charge in [-0.05, 0) is 25.0 Å². The summed E-state index contributed by atoms with van der Waals surface area (Å²) in [5.74, 6) is -0.886. The van der Waals surface area contributed by atoms with Gasteiger partial charge in [-0.3, -0.25) is 19.8 Å². The zero-order valence-electron chi connectivity index (χ0n) is 11.2. The molecule has 0 radical (unpaired) electrons. The number of rotatable bonds is 6. The number of anilines is 1. The lowest BCUT2D eigenvalue weighted by molar-refractivity contribution is -0.137. The molecule has 7 heteroatoms. The first-order valence-electron chi connectivity index (χ1n) is 6.21. The lowest BCUT2D eigenvalue weighted by atomic mass is 10.2. The van der Waals surface area contributed by atoms with E-state index in [4.69, 9.17) is 5.11 Å². The molecule has 0 unspecified atom stereocenters. The van der Waals surface area contributed by atoms with E-state index in [1.807, 2.05) is 0 Å². The molecule has 0 aromatic carbocycles. The van der Waals surface area contributed by atoms with E-state index in [1.54, 1.807) is 24.4 Å². The smallest absolute Gasteiger partial charge is 0.329 e. The Morgan fingerprint density at radius 2 is 1.95 bits per heavy atom. The first-order chi connectivity index (χ1) is 9.50. The lowest BCUT2D eigenvalue weighted by Crippen LogP contribution is -2.41. The number of hydrogen-bond donors (Lipinski definition) is 2. The van der Waals surface area contributed by atoms with Crippen LogP contribution in [0.5, 0.6) is 0 Å². The maximum Gasteiger partial charge on any atom is 0.329 e.